The molecule has 0 fully saturated rings. The molecule has 1 heterocycles. The van der Waals surface area contributed by atoms with E-state index < -0.39 is 10.8 Å². The van der Waals surface area contributed by atoms with Crippen LogP contribution >= 0.6 is 0 Å². The van der Waals surface area contributed by atoms with Crippen molar-refractivity contribution in [2.24, 2.45) is 0 Å². The highest BCUT2D eigenvalue weighted by atomic mass is 16.5. The molecule has 0 saturated carbocycles. The Bertz CT molecular complexity index is 3470. The van der Waals surface area contributed by atoms with E-state index in [0.29, 0.717) is 0 Å². The lowest BCUT2D eigenvalue weighted by Crippen LogP contribution is -2.34. The van der Waals surface area contributed by atoms with Gasteiger partial charge in [-0.2, -0.15) is 0 Å². The standard InChI is InChI=1S/C68H47NO/c1-7-21-48(22-8-1)50-35-39-56(40-36-50)69(57-41-37-51(38-42-57)49-23-9-2-10-24-49)58-43-44-59-63(47-58)68(54-29-15-5-16-30-54,55-31-17-6-18-32-55)61-45-46-62-66(65(59)61)70-64-34-20-19-33-60(64)67(62,52-25-11-3-12-26-52)53-27-13-4-14-28-53/h1-47H. The largest absolute Gasteiger partial charge is 0.456 e. The van der Waals surface area contributed by atoms with E-state index in [0.717, 1.165) is 50.8 Å². The number of ether oxygens (including phenoxy) is 1. The van der Waals surface area contributed by atoms with Gasteiger partial charge >= 0.3 is 0 Å². The smallest absolute Gasteiger partial charge is 0.140 e. The van der Waals surface area contributed by atoms with Crippen LogP contribution in [0.15, 0.2) is 285 Å². The molecule has 1 aliphatic heterocycles. The second-order valence-corrected chi connectivity index (χ2v) is 18.3. The molecule has 0 aromatic heterocycles. The summed E-state index contributed by atoms with van der Waals surface area (Å²) in [6, 6.07) is 104. The van der Waals surface area contributed by atoms with E-state index in [9.17, 15) is 0 Å². The van der Waals surface area contributed by atoms with Crippen molar-refractivity contribution in [3.05, 3.63) is 330 Å². The van der Waals surface area contributed by atoms with E-state index in [4.69, 9.17) is 4.74 Å². The lowest BCUT2D eigenvalue weighted by molar-refractivity contribution is 0.435. The van der Waals surface area contributed by atoms with Crippen LogP contribution in [-0.2, 0) is 10.8 Å². The maximum absolute atomic E-state index is 7.44. The first-order valence-corrected chi connectivity index (χ1v) is 24.2. The normalized spacial score (nSPS) is 13.5. The Labute approximate surface area is 410 Å². The Kier molecular flexibility index (Phi) is 9.99. The van der Waals surface area contributed by atoms with E-state index in [1.807, 2.05) is 0 Å². The summed E-state index contributed by atoms with van der Waals surface area (Å²) in [4.78, 5) is 2.41. The zero-order valence-corrected chi connectivity index (χ0v) is 38.5. The summed E-state index contributed by atoms with van der Waals surface area (Å²) in [7, 11) is 0. The summed E-state index contributed by atoms with van der Waals surface area (Å²) in [6.07, 6.45) is 0. The van der Waals surface area contributed by atoms with Crippen molar-refractivity contribution < 1.29 is 4.74 Å². The molecule has 70 heavy (non-hydrogen) atoms. The summed E-state index contributed by atoms with van der Waals surface area (Å²) in [6.45, 7) is 0. The van der Waals surface area contributed by atoms with Crippen molar-refractivity contribution in [3.63, 3.8) is 0 Å². The fourth-order valence-electron chi connectivity index (χ4n) is 11.7. The van der Waals surface area contributed by atoms with Crippen LogP contribution in [0.5, 0.6) is 11.5 Å². The SMILES string of the molecule is c1ccc(-c2ccc(N(c3ccc(-c4ccccc4)cc3)c3ccc4c(c3)C(c3ccccc3)(c3ccccc3)c3ccc5c(c3-4)Oc3ccccc3C5(c3ccccc3)c3ccccc3)cc2)cc1. The van der Waals surface area contributed by atoms with Crippen LogP contribution in [-0.4, -0.2) is 0 Å². The fourth-order valence-corrected chi connectivity index (χ4v) is 11.7. The lowest BCUT2D eigenvalue weighted by atomic mass is 9.62. The molecular weight excluding hydrogens is 847 g/mol. The highest BCUT2D eigenvalue weighted by Crippen LogP contribution is 2.64. The number of nitrogens with zero attached hydrogens (tertiary/aromatic N) is 1. The number of rotatable bonds is 9. The Morgan fingerprint density at radius 1 is 0.271 bits per heavy atom. The van der Waals surface area contributed by atoms with E-state index in [1.54, 1.807) is 0 Å². The van der Waals surface area contributed by atoms with Gasteiger partial charge in [0.2, 0.25) is 0 Å². The molecule has 2 aliphatic rings. The maximum Gasteiger partial charge on any atom is 0.140 e. The molecular formula is C68H47NO. The second-order valence-electron chi connectivity index (χ2n) is 18.3. The summed E-state index contributed by atoms with van der Waals surface area (Å²) < 4.78 is 7.44. The molecule has 0 radical (unpaired) electrons. The average molecular weight is 894 g/mol. The molecule has 0 amide bonds. The van der Waals surface area contributed by atoms with Crippen molar-refractivity contribution in [1.29, 1.82) is 0 Å². The van der Waals surface area contributed by atoms with Gasteiger partial charge < -0.3 is 9.64 Å². The van der Waals surface area contributed by atoms with Gasteiger partial charge in [-0.1, -0.05) is 243 Å². The summed E-state index contributed by atoms with van der Waals surface area (Å²) in [5.41, 5.74) is 18.2. The first-order chi connectivity index (χ1) is 34.7. The molecule has 11 aromatic carbocycles. The zero-order chi connectivity index (χ0) is 46.5. The predicted octanol–water partition coefficient (Wildman–Crippen LogP) is 17.3. The van der Waals surface area contributed by atoms with E-state index in [2.05, 4.69) is 290 Å². The third-order valence-corrected chi connectivity index (χ3v) is 14.7. The van der Waals surface area contributed by atoms with Crippen LogP contribution in [0.2, 0.25) is 0 Å². The third kappa shape index (κ3) is 6.41. The van der Waals surface area contributed by atoms with Crippen molar-refractivity contribution >= 4 is 17.1 Å². The molecule has 11 aromatic rings. The topological polar surface area (TPSA) is 12.5 Å². The molecule has 0 bridgehead atoms. The molecule has 2 nitrogen and oxygen atoms in total. The average Bonchev–Trinajstić information content (AvgIpc) is 3.75. The molecule has 13 rings (SSSR count). The van der Waals surface area contributed by atoms with Gasteiger partial charge in [0, 0.05) is 33.8 Å². The van der Waals surface area contributed by atoms with Crippen LogP contribution in [0.25, 0.3) is 33.4 Å². The Balaban J connectivity index is 1.09. The first-order valence-electron chi connectivity index (χ1n) is 24.2. The molecule has 330 valence electrons. The minimum atomic E-state index is -0.708. The Morgan fingerprint density at radius 2 is 0.643 bits per heavy atom. The number of para-hydroxylation sites is 1. The highest BCUT2D eigenvalue weighted by Gasteiger charge is 2.52. The molecule has 0 N–H and O–H groups in total. The minimum Gasteiger partial charge on any atom is -0.456 e. The van der Waals surface area contributed by atoms with Crippen LogP contribution < -0.4 is 9.64 Å². The Morgan fingerprint density at radius 3 is 1.11 bits per heavy atom. The predicted molar refractivity (Wildman–Crippen MR) is 288 cm³/mol. The number of benzene rings is 11. The lowest BCUT2D eigenvalue weighted by Gasteiger charge is -2.42. The highest BCUT2D eigenvalue weighted by molar-refractivity contribution is 5.94. The zero-order valence-electron chi connectivity index (χ0n) is 38.5. The van der Waals surface area contributed by atoms with E-state index >= 15 is 0 Å². The Hall–Kier alpha value is -8.98. The molecule has 0 atom stereocenters. The number of hydrogen-bond donors (Lipinski definition) is 0. The second kappa shape index (κ2) is 17.0. The minimum absolute atomic E-state index is 0.665. The van der Waals surface area contributed by atoms with Crippen LogP contribution in [0.1, 0.15) is 44.5 Å². The molecule has 0 saturated heterocycles. The number of anilines is 3. The maximum atomic E-state index is 7.44. The van der Waals surface area contributed by atoms with Gasteiger partial charge in [-0.3, -0.25) is 0 Å². The van der Waals surface area contributed by atoms with Gasteiger partial charge in [-0.25, -0.2) is 0 Å². The van der Waals surface area contributed by atoms with Crippen LogP contribution in [0.4, 0.5) is 17.1 Å². The van der Waals surface area contributed by atoms with Gasteiger partial charge in [0.1, 0.15) is 11.5 Å². The summed E-state index contributed by atoms with van der Waals surface area (Å²) >= 11 is 0. The van der Waals surface area contributed by atoms with Crippen LogP contribution in [0, 0.1) is 0 Å². The number of fused-ring (bicyclic) bond motifs is 6. The van der Waals surface area contributed by atoms with E-state index in [-0.39, 0.29) is 0 Å². The van der Waals surface area contributed by atoms with Gasteiger partial charge in [0.25, 0.3) is 0 Å². The van der Waals surface area contributed by atoms with Crippen molar-refractivity contribution in [2.45, 2.75) is 10.8 Å². The summed E-state index contributed by atoms with van der Waals surface area (Å²) in [5.74, 6) is 1.74. The molecule has 0 spiro atoms. The quantitative estimate of drug-likeness (QED) is 0.143. The third-order valence-electron chi connectivity index (χ3n) is 14.7. The molecule has 2 heteroatoms. The van der Waals surface area contributed by atoms with Gasteiger partial charge in [0.15, 0.2) is 0 Å². The van der Waals surface area contributed by atoms with Crippen molar-refractivity contribution in [2.75, 3.05) is 4.90 Å². The van der Waals surface area contributed by atoms with Gasteiger partial charge in [0.05, 0.1) is 10.8 Å². The van der Waals surface area contributed by atoms with Crippen LogP contribution in [0.3, 0.4) is 0 Å². The summed E-state index contributed by atoms with van der Waals surface area (Å²) in [5, 5.41) is 0. The van der Waals surface area contributed by atoms with Crippen molar-refractivity contribution in [3.8, 4) is 44.9 Å². The molecule has 0 unspecified atom stereocenters. The first kappa shape index (κ1) is 41.2. The fraction of sp³-hybridized carbons (Fsp3) is 0.0294. The van der Waals surface area contributed by atoms with Gasteiger partial charge in [-0.05, 0) is 104 Å². The van der Waals surface area contributed by atoms with Gasteiger partial charge in [-0.15, -0.1) is 0 Å². The van der Waals surface area contributed by atoms with E-state index in [1.165, 1.54) is 55.6 Å². The molecule has 1 aliphatic carbocycles. The van der Waals surface area contributed by atoms with Crippen molar-refractivity contribution in [1.82, 2.24) is 0 Å². The number of hydrogen-bond acceptors (Lipinski definition) is 2. The monoisotopic (exact) mass is 893 g/mol.